The van der Waals surface area contributed by atoms with Crippen LogP contribution in [0, 0.1) is 0 Å². The first-order valence-electron chi connectivity index (χ1n) is 9.49. The summed E-state index contributed by atoms with van der Waals surface area (Å²) < 4.78 is 37.7. The smallest absolute Gasteiger partial charge is 0.373 e. The van der Waals surface area contributed by atoms with E-state index >= 15 is 0 Å². The van der Waals surface area contributed by atoms with E-state index in [0.29, 0.717) is 43.4 Å². The van der Waals surface area contributed by atoms with Crippen LogP contribution < -0.4 is 0 Å². The van der Waals surface area contributed by atoms with E-state index in [2.05, 4.69) is 9.64 Å². The Balaban J connectivity index is 1.38. The zero-order valence-corrected chi connectivity index (χ0v) is 16.7. The fraction of sp³-hybridized carbons (Fsp3) is 0.450. The van der Waals surface area contributed by atoms with E-state index in [1.54, 1.807) is 22.5 Å². The maximum Gasteiger partial charge on any atom is 0.373 e. The third-order valence-electron chi connectivity index (χ3n) is 5.47. The minimum Gasteiger partial charge on any atom is -0.463 e. The topological polar surface area (TPSA) is 80.1 Å². The molecule has 2 aliphatic rings. The number of hydrogen-bond acceptors (Lipinski definition) is 6. The summed E-state index contributed by atoms with van der Waals surface area (Å²) in [6.45, 7) is 2.62. The summed E-state index contributed by atoms with van der Waals surface area (Å²) in [6.07, 6.45) is 3.10. The number of nitrogens with zero attached hydrogens (tertiary/aromatic N) is 2. The lowest BCUT2D eigenvalue weighted by Gasteiger charge is -2.33. The molecule has 1 fully saturated rings. The number of sulfonamides is 1. The van der Waals surface area contributed by atoms with Crippen molar-refractivity contribution < 1.29 is 22.4 Å². The van der Waals surface area contributed by atoms with Crippen molar-refractivity contribution >= 4 is 16.0 Å². The summed E-state index contributed by atoms with van der Waals surface area (Å²) in [4.78, 5) is 14.0. The van der Waals surface area contributed by atoms with E-state index in [1.807, 2.05) is 12.1 Å². The molecule has 2 aromatic rings. The van der Waals surface area contributed by atoms with E-state index in [-0.39, 0.29) is 5.76 Å². The van der Waals surface area contributed by atoms with Crippen molar-refractivity contribution in [3.63, 3.8) is 0 Å². The molecule has 7 nitrogen and oxygen atoms in total. The SMILES string of the molecule is COC(=O)c1ccc(CN2CCN(S(=O)(=O)c3ccc4c(c3)CCC4)CC2)o1. The molecule has 0 amide bonds. The van der Waals surface area contributed by atoms with Crippen molar-refractivity contribution in [2.75, 3.05) is 33.3 Å². The van der Waals surface area contributed by atoms with Crippen LogP contribution in [0.1, 0.15) is 33.9 Å². The van der Waals surface area contributed by atoms with Gasteiger partial charge in [-0.05, 0) is 54.7 Å². The second kappa shape index (κ2) is 7.69. The van der Waals surface area contributed by atoms with Gasteiger partial charge in [0, 0.05) is 26.2 Å². The first-order chi connectivity index (χ1) is 13.5. The Kier molecular flexibility index (Phi) is 5.27. The standard InChI is InChI=1S/C20H24N2O5S/c1-26-20(23)19-8-6-17(27-19)14-21-9-11-22(12-10-21)28(24,25)18-7-5-15-3-2-4-16(15)13-18/h5-8,13H,2-4,9-12,14H2,1H3. The summed E-state index contributed by atoms with van der Waals surface area (Å²) in [5.41, 5.74) is 2.44. The minimum absolute atomic E-state index is 0.176. The summed E-state index contributed by atoms with van der Waals surface area (Å²) in [6, 6.07) is 8.89. The number of esters is 1. The molecule has 0 saturated carbocycles. The highest BCUT2D eigenvalue weighted by atomic mass is 32.2. The van der Waals surface area contributed by atoms with Gasteiger partial charge in [0.25, 0.3) is 0 Å². The first kappa shape index (κ1) is 19.2. The number of hydrogen-bond donors (Lipinski definition) is 0. The number of carbonyl (C=O) groups is 1. The van der Waals surface area contributed by atoms with Gasteiger partial charge >= 0.3 is 5.97 Å². The molecule has 1 aliphatic heterocycles. The quantitative estimate of drug-likeness (QED) is 0.710. The van der Waals surface area contributed by atoms with Gasteiger partial charge in [0.15, 0.2) is 0 Å². The van der Waals surface area contributed by atoms with Crippen LogP contribution in [0.25, 0.3) is 0 Å². The number of ether oxygens (including phenoxy) is 1. The van der Waals surface area contributed by atoms with Gasteiger partial charge < -0.3 is 9.15 Å². The molecule has 8 heteroatoms. The lowest BCUT2D eigenvalue weighted by atomic mass is 10.1. The van der Waals surface area contributed by atoms with Crippen molar-refractivity contribution in [3.05, 3.63) is 53.0 Å². The maximum absolute atomic E-state index is 13.0. The highest BCUT2D eigenvalue weighted by Crippen LogP contribution is 2.27. The predicted molar refractivity (Wildman–Crippen MR) is 103 cm³/mol. The molecular weight excluding hydrogens is 380 g/mol. The van der Waals surface area contributed by atoms with Gasteiger partial charge in [0.05, 0.1) is 18.6 Å². The van der Waals surface area contributed by atoms with E-state index < -0.39 is 16.0 Å². The second-order valence-corrected chi connectivity index (χ2v) is 9.16. The Morgan fingerprint density at radius 2 is 1.82 bits per heavy atom. The molecule has 0 atom stereocenters. The minimum atomic E-state index is -3.47. The van der Waals surface area contributed by atoms with Crippen LogP contribution in [0.4, 0.5) is 0 Å². The van der Waals surface area contributed by atoms with Gasteiger partial charge in [-0.3, -0.25) is 4.90 Å². The Bertz CT molecular complexity index is 974. The molecule has 0 bridgehead atoms. The second-order valence-electron chi connectivity index (χ2n) is 7.22. The van der Waals surface area contributed by atoms with Gasteiger partial charge in [0.1, 0.15) is 5.76 Å². The number of furan rings is 1. The summed E-state index contributed by atoms with van der Waals surface area (Å²) in [5.74, 6) is 0.335. The number of carbonyl (C=O) groups excluding carboxylic acids is 1. The molecule has 28 heavy (non-hydrogen) atoms. The fourth-order valence-electron chi connectivity index (χ4n) is 3.88. The average molecular weight is 404 g/mol. The number of fused-ring (bicyclic) bond motifs is 1. The van der Waals surface area contributed by atoms with Gasteiger partial charge in [-0.15, -0.1) is 0 Å². The Morgan fingerprint density at radius 1 is 1.07 bits per heavy atom. The van der Waals surface area contributed by atoms with E-state index in [1.165, 1.54) is 18.2 Å². The molecule has 0 radical (unpaired) electrons. The van der Waals surface area contributed by atoms with Crippen LogP contribution in [-0.4, -0.2) is 56.9 Å². The molecule has 0 unspecified atom stereocenters. The highest BCUT2D eigenvalue weighted by Gasteiger charge is 2.29. The fourth-order valence-corrected chi connectivity index (χ4v) is 5.35. The largest absolute Gasteiger partial charge is 0.463 e. The van der Waals surface area contributed by atoms with Crippen LogP contribution in [0.3, 0.4) is 0 Å². The van der Waals surface area contributed by atoms with Gasteiger partial charge in [-0.25, -0.2) is 13.2 Å². The van der Waals surface area contributed by atoms with Crippen LogP contribution in [-0.2, 0) is 34.1 Å². The summed E-state index contributed by atoms with van der Waals surface area (Å²) in [7, 11) is -2.16. The monoisotopic (exact) mass is 404 g/mol. The van der Waals surface area contributed by atoms with Crippen LogP contribution in [0.15, 0.2) is 39.6 Å². The van der Waals surface area contributed by atoms with E-state index in [9.17, 15) is 13.2 Å². The van der Waals surface area contributed by atoms with Crippen molar-refractivity contribution in [3.8, 4) is 0 Å². The predicted octanol–water partition coefficient (Wildman–Crippen LogP) is 2.06. The molecule has 2 heterocycles. The molecule has 1 saturated heterocycles. The van der Waals surface area contributed by atoms with Gasteiger partial charge in [-0.2, -0.15) is 4.31 Å². The molecular formula is C20H24N2O5S. The molecule has 0 spiro atoms. The first-order valence-corrected chi connectivity index (χ1v) is 10.9. The Morgan fingerprint density at radius 3 is 2.57 bits per heavy atom. The highest BCUT2D eigenvalue weighted by molar-refractivity contribution is 7.89. The third kappa shape index (κ3) is 3.72. The van der Waals surface area contributed by atoms with Crippen molar-refractivity contribution in [1.29, 1.82) is 0 Å². The van der Waals surface area contributed by atoms with Crippen LogP contribution in [0.2, 0.25) is 0 Å². The molecule has 4 rings (SSSR count). The lowest BCUT2D eigenvalue weighted by Crippen LogP contribution is -2.48. The zero-order valence-electron chi connectivity index (χ0n) is 15.9. The number of benzene rings is 1. The average Bonchev–Trinajstić information content (AvgIpc) is 3.36. The lowest BCUT2D eigenvalue weighted by molar-refractivity contribution is 0.0560. The Labute approximate surface area is 164 Å². The van der Waals surface area contributed by atoms with Gasteiger partial charge in [0.2, 0.25) is 15.8 Å². The molecule has 1 aromatic carbocycles. The normalized spacial score (nSPS) is 18.2. The van der Waals surface area contributed by atoms with Crippen molar-refractivity contribution in [2.45, 2.75) is 30.7 Å². The van der Waals surface area contributed by atoms with Crippen LogP contribution in [0.5, 0.6) is 0 Å². The zero-order chi connectivity index (χ0) is 19.7. The van der Waals surface area contributed by atoms with Crippen molar-refractivity contribution in [2.24, 2.45) is 0 Å². The third-order valence-corrected chi connectivity index (χ3v) is 7.36. The molecule has 0 N–H and O–H groups in total. The number of methoxy groups -OCH3 is 1. The maximum atomic E-state index is 13.0. The molecule has 1 aliphatic carbocycles. The number of rotatable bonds is 5. The molecule has 1 aromatic heterocycles. The number of aryl methyl sites for hydroxylation is 2. The van der Waals surface area contributed by atoms with E-state index in [0.717, 1.165) is 19.3 Å². The summed E-state index contributed by atoms with van der Waals surface area (Å²) in [5, 5.41) is 0. The Hall–Kier alpha value is -2.16. The summed E-state index contributed by atoms with van der Waals surface area (Å²) >= 11 is 0. The molecule has 150 valence electrons. The van der Waals surface area contributed by atoms with Gasteiger partial charge in [-0.1, -0.05) is 6.07 Å². The van der Waals surface area contributed by atoms with Crippen molar-refractivity contribution in [1.82, 2.24) is 9.21 Å². The van der Waals surface area contributed by atoms with E-state index in [4.69, 9.17) is 4.42 Å². The number of piperazine rings is 1. The van der Waals surface area contributed by atoms with Crippen LogP contribution >= 0.6 is 0 Å².